The van der Waals surface area contributed by atoms with Crippen LogP contribution in [0, 0.1) is 5.82 Å². The molecule has 0 fully saturated rings. The van der Waals surface area contributed by atoms with Crippen molar-refractivity contribution in [3.63, 3.8) is 0 Å². The predicted molar refractivity (Wildman–Crippen MR) is 69.9 cm³/mol. The Labute approximate surface area is 114 Å². The maximum absolute atomic E-state index is 13.0. The molecule has 0 bridgehead atoms. The Balaban J connectivity index is 2.33. The van der Waals surface area contributed by atoms with Gasteiger partial charge in [-0.1, -0.05) is 11.6 Å². The van der Waals surface area contributed by atoms with E-state index in [-0.39, 0.29) is 11.3 Å². The number of ether oxygens (including phenoxy) is 2. The van der Waals surface area contributed by atoms with Gasteiger partial charge in [0, 0.05) is 6.07 Å². The predicted octanol–water partition coefficient (Wildman–Crippen LogP) is 4.09. The highest BCUT2D eigenvalue weighted by Crippen LogP contribution is 2.33. The number of halogens is 2. The van der Waals surface area contributed by atoms with Crippen LogP contribution in [0.4, 0.5) is 4.39 Å². The number of hydrogen-bond donors (Lipinski definition) is 0. The highest BCUT2D eigenvalue weighted by atomic mass is 35.5. The number of hydrogen-bond acceptors (Lipinski definition) is 3. The number of carbonyl (C=O) groups excluding carboxylic acids is 1. The van der Waals surface area contributed by atoms with E-state index in [9.17, 15) is 9.18 Å². The lowest BCUT2D eigenvalue weighted by atomic mass is 10.2. The number of carbonyl (C=O) groups is 1. The van der Waals surface area contributed by atoms with E-state index in [0.717, 1.165) is 6.07 Å². The Hall–Kier alpha value is -2.07. The largest absolute Gasteiger partial charge is 0.497 e. The Morgan fingerprint density at radius 1 is 1.16 bits per heavy atom. The molecule has 98 valence electrons. The maximum atomic E-state index is 13.0. The third-order valence-electron chi connectivity index (χ3n) is 2.46. The smallest absolute Gasteiger partial charge is 0.153 e. The SMILES string of the molecule is COc1ccc(Oc2ccc(F)cc2C=O)c(Cl)c1. The highest BCUT2D eigenvalue weighted by molar-refractivity contribution is 6.32. The van der Waals surface area contributed by atoms with Crippen LogP contribution in [-0.4, -0.2) is 13.4 Å². The van der Waals surface area contributed by atoms with Gasteiger partial charge in [-0.25, -0.2) is 4.39 Å². The van der Waals surface area contributed by atoms with Crippen molar-refractivity contribution in [2.24, 2.45) is 0 Å². The molecule has 0 radical (unpaired) electrons. The Morgan fingerprint density at radius 2 is 1.89 bits per heavy atom. The molecule has 0 unspecified atom stereocenters. The first-order valence-electron chi connectivity index (χ1n) is 5.40. The van der Waals surface area contributed by atoms with Crippen LogP contribution in [0.3, 0.4) is 0 Å². The van der Waals surface area contributed by atoms with E-state index < -0.39 is 5.82 Å². The van der Waals surface area contributed by atoms with Crippen LogP contribution in [0.15, 0.2) is 36.4 Å². The minimum absolute atomic E-state index is 0.117. The van der Waals surface area contributed by atoms with Crippen LogP contribution >= 0.6 is 11.6 Å². The zero-order valence-corrected chi connectivity index (χ0v) is 10.8. The molecule has 0 aliphatic heterocycles. The Morgan fingerprint density at radius 3 is 2.53 bits per heavy atom. The van der Waals surface area contributed by atoms with E-state index in [0.29, 0.717) is 22.8 Å². The summed E-state index contributed by atoms with van der Waals surface area (Å²) in [5.74, 6) is 0.683. The first kappa shape index (κ1) is 13.4. The van der Waals surface area contributed by atoms with E-state index >= 15 is 0 Å². The van der Waals surface area contributed by atoms with Gasteiger partial charge in [0.05, 0.1) is 17.7 Å². The molecule has 0 spiro atoms. The third-order valence-corrected chi connectivity index (χ3v) is 2.75. The van der Waals surface area contributed by atoms with Crippen molar-refractivity contribution in [1.82, 2.24) is 0 Å². The van der Waals surface area contributed by atoms with E-state index in [1.165, 1.54) is 19.2 Å². The molecular formula is C14H10ClFO3. The van der Waals surface area contributed by atoms with Crippen LogP contribution in [-0.2, 0) is 0 Å². The van der Waals surface area contributed by atoms with Crippen molar-refractivity contribution in [2.45, 2.75) is 0 Å². The molecule has 0 saturated carbocycles. The molecule has 3 nitrogen and oxygen atoms in total. The second-order valence-corrected chi connectivity index (χ2v) is 4.11. The normalized spacial score (nSPS) is 10.1. The highest BCUT2D eigenvalue weighted by Gasteiger charge is 2.09. The van der Waals surface area contributed by atoms with Gasteiger partial charge in [-0.2, -0.15) is 0 Å². The summed E-state index contributed by atoms with van der Waals surface area (Å²) in [6, 6.07) is 8.55. The molecule has 19 heavy (non-hydrogen) atoms. The molecule has 0 atom stereocenters. The molecule has 2 aromatic carbocycles. The number of benzene rings is 2. The lowest BCUT2D eigenvalue weighted by Gasteiger charge is -2.10. The topological polar surface area (TPSA) is 35.5 Å². The van der Waals surface area contributed by atoms with Gasteiger partial charge < -0.3 is 9.47 Å². The van der Waals surface area contributed by atoms with Gasteiger partial charge in [0.15, 0.2) is 6.29 Å². The summed E-state index contributed by atoms with van der Waals surface area (Å²) in [5, 5.41) is 0.334. The van der Waals surface area contributed by atoms with Crippen molar-refractivity contribution in [1.29, 1.82) is 0 Å². The second-order valence-electron chi connectivity index (χ2n) is 3.70. The summed E-state index contributed by atoms with van der Waals surface area (Å²) in [6.07, 6.45) is 0.524. The van der Waals surface area contributed by atoms with Gasteiger partial charge in [-0.3, -0.25) is 4.79 Å². The van der Waals surface area contributed by atoms with Crippen LogP contribution in [0.5, 0.6) is 17.2 Å². The Bertz CT molecular complexity index is 614. The van der Waals surface area contributed by atoms with Gasteiger partial charge in [0.1, 0.15) is 23.1 Å². The van der Waals surface area contributed by atoms with E-state index in [2.05, 4.69) is 0 Å². The molecule has 0 amide bonds. The first-order valence-corrected chi connectivity index (χ1v) is 5.78. The van der Waals surface area contributed by atoms with E-state index in [1.54, 1.807) is 18.2 Å². The van der Waals surface area contributed by atoms with Crippen LogP contribution in [0.1, 0.15) is 10.4 Å². The minimum atomic E-state index is -0.504. The lowest BCUT2D eigenvalue weighted by molar-refractivity contribution is 0.112. The molecule has 0 aromatic heterocycles. The van der Waals surface area contributed by atoms with Gasteiger partial charge in [0.25, 0.3) is 0 Å². The maximum Gasteiger partial charge on any atom is 0.153 e. The number of aldehydes is 1. The monoisotopic (exact) mass is 280 g/mol. The van der Waals surface area contributed by atoms with Gasteiger partial charge in [-0.15, -0.1) is 0 Å². The molecule has 0 saturated heterocycles. The summed E-state index contributed by atoms with van der Waals surface area (Å²) in [7, 11) is 1.52. The molecule has 0 aliphatic rings. The quantitative estimate of drug-likeness (QED) is 0.791. The summed E-state index contributed by atoms with van der Waals surface area (Å²) in [4.78, 5) is 10.9. The van der Waals surface area contributed by atoms with Crippen molar-refractivity contribution in [3.8, 4) is 17.2 Å². The van der Waals surface area contributed by atoms with Crippen molar-refractivity contribution < 1.29 is 18.7 Å². The fourth-order valence-electron chi connectivity index (χ4n) is 1.51. The first-order chi connectivity index (χ1) is 9.13. The summed E-state index contributed by atoms with van der Waals surface area (Å²) < 4.78 is 23.5. The zero-order chi connectivity index (χ0) is 13.8. The van der Waals surface area contributed by atoms with E-state index in [1.807, 2.05) is 0 Å². The average Bonchev–Trinajstić information content (AvgIpc) is 2.42. The van der Waals surface area contributed by atoms with Crippen LogP contribution in [0.25, 0.3) is 0 Å². The fourth-order valence-corrected chi connectivity index (χ4v) is 1.72. The van der Waals surface area contributed by atoms with Crippen molar-refractivity contribution >= 4 is 17.9 Å². The van der Waals surface area contributed by atoms with Gasteiger partial charge in [-0.05, 0) is 30.3 Å². The minimum Gasteiger partial charge on any atom is -0.497 e. The third kappa shape index (κ3) is 3.03. The summed E-state index contributed by atoms with van der Waals surface area (Å²) >= 11 is 6.02. The number of methoxy groups -OCH3 is 1. The zero-order valence-electron chi connectivity index (χ0n) is 10.0. The van der Waals surface area contributed by atoms with Crippen molar-refractivity contribution in [2.75, 3.05) is 7.11 Å². The van der Waals surface area contributed by atoms with E-state index in [4.69, 9.17) is 21.1 Å². The van der Waals surface area contributed by atoms with Crippen LogP contribution in [0.2, 0.25) is 5.02 Å². The average molecular weight is 281 g/mol. The number of rotatable bonds is 4. The summed E-state index contributed by atoms with van der Waals surface area (Å²) in [5.41, 5.74) is 0.117. The molecule has 0 N–H and O–H groups in total. The second kappa shape index (κ2) is 5.71. The molecule has 0 aliphatic carbocycles. The molecule has 2 aromatic rings. The fraction of sp³-hybridized carbons (Fsp3) is 0.0714. The lowest BCUT2D eigenvalue weighted by Crippen LogP contribution is -1.92. The van der Waals surface area contributed by atoms with Crippen LogP contribution < -0.4 is 9.47 Å². The van der Waals surface area contributed by atoms with Gasteiger partial charge >= 0.3 is 0 Å². The van der Waals surface area contributed by atoms with Gasteiger partial charge in [0.2, 0.25) is 0 Å². The standard InChI is InChI=1S/C14H10ClFO3/c1-18-11-3-5-14(12(15)7-11)19-13-4-2-10(16)6-9(13)8-17/h2-8H,1H3. The Kier molecular flexibility index (Phi) is 4.02. The van der Waals surface area contributed by atoms with Crippen molar-refractivity contribution in [3.05, 3.63) is 52.8 Å². The summed E-state index contributed by atoms with van der Waals surface area (Å²) in [6.45, 7) is 0. The molecule has 5 heteroatoms. The molecule has 2 rings (SSSR count). The molecular weight excluding hydrogens is 271 g/mol. The molecule has 0 heterocycles.